The first kappa shape index (κ1) is 12.1. The Hall–Kier alpha value is -1.02. The second-order valence-electron chi connectivity index (χ2n) is 3.51. The molecule has 0 heterocycles. The van der Waals surface area contributed by atoms with Gasteiger partial charge in [-0.2, -0.15) is 0 Å². The van der Waals surface area contributed by atoms with Crippen molar-refractivity contribution in [2.45, 2.75) is 26.7 Å². The number of benzene rings is 1. The lowest BCUT2D eigenvalue weighted by Gasteiger charge is -2.07. The van der Waals surface area contributed by atoms with Gasteiger partial charge in [-0.15, -0.1) is 0 Å². The summed E-state index contributed by atoms with van der Waals surface area (Å²) < 4.78 is 5.32. The number of Topliss-reactive ketones (excluding diaryl/α,β-unsaturated/α-hetero) is 1. The molecule has 0 amide bonds. The van der Waals surface area contributed by atoms with Crippen LogP contribution in [-0.2, 0) is 4.79 Å². The van der Waals surface area contributed by atoms with Gasteiger partial charge in [0.25, 0.3) is 0 Å². The molecule has 1 aromatic carbocycles. The molecule has 0 aromatic heterocycles. The SMILES string of the molecule is CCCC(=O)COc1ccc(C)cc1Cl. The third kappa shape index (κ3) is 3.92. The van der Waals surface area contributed by atoms with Crippen LogP contribution in [0.3, 0.4) is 0 Å². The van der Waals surface area contributed by atoms with Gasteiger partial charge in [-0.25, -0.2) is 0 Å². The number of halogens is 1. The first-order valence-corrected chi connectivity index (χ1v) is 5.42. The number of hydrogen-bond acceptors (Lipinski definition) is 2. The molecule has 2 nitrogen and oxygen atoms in total. The molecule has 0 aliphatic carbocycles. The summed E-state index contributed by atoms with van der Waals surface area (Å²) in [5, 5.41) is 0.555. The zero-order valence-corrected chi connectivity index (χ0v) is 9.80. The highest BCUT2D eigenvalue weighted by molar-refractivity contribution is 6.32. The highest BCUT2D eigenvalue weighted by atomic mass is 35.5. The van der Waals surface area contributed by atoms with Crippen LogP contribution in [0.25, 0.3) is 0 Å². The van der Waals surface area contributed by atoms with Crippen LogP contribution in [0.1, 0.15) is 25.3 Å². The van der Waals surface area contributed by atoms with Gasteiger partial charge >= 0.3 is 0 Å². The molecule has 0 saturated heterocycles. The van der Waals surface area contributed by atoms with Crippen LogP contribution in [0.2, 0.25) is 5.02 Å². The first-order chi connectivity index (χ1) is 7.13. The van der Waals surface area contributed by atoms with Crippen molar-refractivity contribution >= 4 is 17.4 Å². The van der Waals surface area contributed by atoms with Crippen molar-refractivity contribution in [2.24, 2.45) is 0 Å². The molecule has 0 aliphatic rings. The van der Waals surface area contributed by atoms with Crippen LogP contribution >= 0.6 is 11.6 Å². The molecule has 0 unspecified atom stereocenters. The highest BCUT2D eigenvalue weighted by Gasteiger charge is 2.05. The summed E-state index contributed by atoms with van der Waals surface area (Å²) in [7, 11) is 0. The molecule has 1 aromatic rings. The van der Waals surface area contributed by atoms with Crippen LogP contribution < -0.4 is 4.74 Å². The van der Waals surface area contributed by atoms with Gasteiger partial charge in [-0.05, 0) is 31.0 Å². The third-order valence-corrected chi connectivity index (χ3v) is 2.30. The van der Waals surface area contributed by atoms with Crippen molar-refractivity contribution in [3.63, 3.8) is 0 Å². The zero-order chi connectivity index (χ0) is 11.3. The minimum absolute atomic E-state index is 0.106. The summed E-state index contributed by atoms with van der Waals surface area (Å²) in [6.07, 6.45) is 1.41. The Morgan fingerprint density at radius 1 is 1.47 bits per heavy atom. The molecular formula is C12H15ClO2. The Bertz CT molecular complexity index is 347. The standard InChI is InChI=1S/C12H15ClO2/c1-3-4-10(14)8-15-12-6-5-9(2)7-11(12)13/h5-7H,3-4,8H2,1-2H3. The monoisotopic (exact) mass is 226 g/mol. The average molecular weight is 227 g/mol. The van der Waals surface area contributed by atoms with E-state index in [1.54, 1.807) is 6.07 Å². The van der Waals surface area contributed by atoms with Crippen molar-refractivity contribution in [3.05, 3.63) is 28.8 Å². The molecule has 0 aliphatic heterocycles. The van der Waals surface area contributed by atoms with Crippen molar-refractivity contribution < 1.29 is 9.53 Å². The van der Waals surface area contributed by atoms with Crippen LogP contribution in [-0.4, -0.2) is 12.4 Å². The summed E-state index contributed by atoms with van der Waals surface area (Å²) in [5.74, 6) is 0.681. The van der Waals surface area contributed by atoms with E-state index in [9.17, 15) is 4.79 Å². The van der Waals surface area contributed by atoms with E-state index < -0.39 is 0 Å². The van der Waals surface area contributed by atoms with Gasteiger partial charge in [-0.3, -0.25) is 4.79 Å². The van der Waals surface area contributed by atoms with Gasteiger partial charge < -0.3 is 4.74 Å². The largest absolute Gasteiger partial charge is 0.484 e. The second kappa shape index (κ2) is 5.76. The molecule has 15 heavy (non-hydrogen) atoms. The Labute approximate surface area is 95.2 Å². The molecule has 0 N–H and O–H groups in total. The lowest BCUT2D eigenvalue weighted by atomic mass is 10.2. The number of ketones is 1. The predicted octanol–water partition coefficient (Wildman–Crippen LogP) is 3.40. The van der Waals surface area contributed by atoms with Crippen LogP contribution in [0.15, 0.2) is 18.2 Å². The lowest BCUT2D eigenvalue weighted by Crippen LogP contribution is -2.10. The minimum atomic E-state index is 0.106. The van der Waals surface area contributed by atoms with Gasteiger partial charge in [0.15, 0.2) is 5.78 Å². The van der Waals surface area contributed by atoms with Gasteiger partial charge in [0.05, 0.1) is 5.02 Å². The Morgan fingerprint density at radius 2 is 2.20 bits per heavy atom. The number of aryl methyl sites for hydroxylation is 1. The maximum Gasteiger partial charge on any atom is 0.170 e. The van der Waals surface area contributed by atoms with Crippen molar-refractivity contribution in [3.8, 4) is 5.75 Å². The summed E-state index contributed by atoms with van der Waals surface area (Å²) in [6, 6.07) is 5.52. The van der Waals surface area contributed by atoms with E-state index in [1.165, 1.54) is 0 Å². The number of ether oxygens (including phenoxy) is 1. The van der Waals surface area contributed by atoms with E-state index in [2.05, 4.69) is 0 Å². The van der Waals surface area contributed by atoms with Crippen molar-refractivity contribution in [1.29, 1.82) is 0 Å². The molecule has 0 bridgehead atoms. The molecule has 0 spiro atoms. The number of rotatable bonds is 5. The van der Waals surface area contributed by atoms with Gasteiger partial charge in [0.2, 0.25) is 0 Å². The van der Waals surface area contributed by atoms with Crippen LogP contribution in [0, 0.1) is 6.92 Å². The van der Waals surface area contributed by atoms with Crippen LogP contribution in [0.5, 0.6) is 5.75 Å². The van der Waals surface area contributed by atoms with Gasteiger partial charge in [0.1, 0.15) is 12.4 Å². The molecule has 0 fully saturated rings. The number of carbonyl (C=O) groups is 1. The third-order valence-electron chi connectivity index (χ3n) is 2.00. The van der Waals surface area contributed by atoms with E-state index in [0.29, 0.717) is 17.2 Å². The van der Waals surface area contributed by atoms with E-state index in [4.69, 9.17) is 16.3 Å². The highest BCUT2D eigenvalue weighted by Crippen LogP contribution is 2.25. The van der Waals surface area contributed by atoms with E-state index in [1.807, 2.05) is 26.0 Å². The maximum atomic E-state index is 11.2. The minimum Gasteiger partial charge on any atom is -0.484 e. The second-order valence-corrected chi connectivity index (χ2v) is 3.92. The molecule has 3 heteroatoms. The molecule has 82 valence electrons. The topological polar surface area (TPSA) is 26.3 Å². The molecule has 0 atom stereocenters. The smallest absolute Gasteiger partial charge is 0.170 e. The molecular weight excluding hydrogens is 212 g/mol. The fourth-order valence-corrected chi connectivity index (χ4v) is 1.52. The van der Waals surface area contributed by atoms with E-state index in [0.717, 1.165) is 12.0 Å². The quantitative estimate of drug-likeness (QED) is 0.769. The van der Waals surface area contributed by atoms with Crippen LogP contribution in [0.4, 0.5) is 0 Å². The number of hydrogen-bond donors (Lipinski definition) is 0. The number of carbonyl (C=O) groups excluding carboxylic acids is 1. The zero-order valence-electron chi connectivity index (χ0n) is 9.05. The van der Waals surface area contributed by atoms with Gasteiger partial charge in [0, 0.05) is 6.42 Å². The lowest BCUT2D eigenvalue weighted by molar-refractivity contribution is -0.121. The summed E-state index contributed by atoms with van der Waals surface area (Å²) in [5.41, 5.74) is 1.08. The van der Waals surface area contributed by atoms with Crippen molar-refractivity contribution in [1.82, 2.24) is 0 Å². The molecule has 1 rings (SSSR count). The fraction of sp³-hybridized carbons (Fsp3) is 0.417. The Morgan fingerprint density at radius 3 is 2.80 bits per heavy atom. The first-order valence-electron chi connectivity index (χ1n) is 5.04. The summed E-state index contributed by atoms with van der Waals surface area (Å²) >= 11 is 5.95. The van der Waals surface area contributed by atoms with E-state index in [-0.39, 0.29) is 12.4 Å². The fourth-order valence-electron chi connectivity index (χ4n) is 1.23. The average Bonchev–Trinajstić information content (AvgIpc) is 2.17. The normalized spacial score (nSPS) is 10.1. The predicted molar refractivity (Wildman–Crippen MR) is 61.6 cm³/mol. The molecule has 0 saturated carbocycles. The molecule has 0 radical (unpaired) electrons. The maximum absolute atomic E-state index is 11.2. The summed E-state index contributed by atoms with van der Waals surface area (Å²) in [6.45, 7) is 4.03. The van der Waals surface area contributed by atoms with Gasteiger partial charge in [-0.1, -0.05) is 24.6 Å². The van der Waals surface area contributed by atoms with E-state index >= 15 is 0 Å². The Kier molecular flexibility index (Phi) is 4.63. The Balaban J connectivity index is 2.54. The van der Waals surface area contributed by atoms with Crippen molar-refractivity contribution in [2.75, 3.05) is 6.61 Å². The summed E-state index contributed by atoms with van der Waals surface area (Å²) in [4.78, 5) is 11.2.